The summed E-state index contributed by atoms with van der Waals surface area (Å²) in [4.78, 5) is 10.7. The van der Waals surface area contributed by atoms with Crippen LogP contribution in [-0.4, -0.2) is 20.9 Å². The van der Waals surface area contributed by atoms with E-state index in [1.165, 1.54) is 5.56 Å². The first-order valence-electron chi connectivity index (χ1n) is 6.41. The molecule has 2 aromatic rings. The Bertz CT molecular complexity index is 662. The van der Waals surface area contributed by atoms with E-state index in [9.17, 15) is 4.79 Å². The number of aromatic nitrogens is 2. The van der Waals surface area contributed by atoms with Gasteiger partial charge in [0, 0.05) is 19.0 Å². The van der Waals surface area contributed by atoms with Crippen molar-refractivity contribution in [2.24, 2.45) is 7.05 Å². The van der Waals surface area contributed by atoms with Crippen molar-refractivity contribution < 1.29 is 9.90 Å². The van der Waals surface area contributed by atoms with Crippen LogP contribution in [0.3, 0.4) is 0 Å². The molecule has 0 amide bonds. The molecule has 5 heteroatoms. The summed E-state index contributed by atoms with van der Waals surface area (Å²) in [5, 5.41) is 13.4. The van der Waals surface area contributed by atoms with Gasteiger partial charge in [0.15, 0.2) is 0 Å². The van der Waals surface area contributed by atoms with Crippen LogP contribution in [-0.2, 0) is 18.3 Å². The van der Waals surface area contributed by atoms with Gasteiger partial charge in [0.25, 0.3) is 0 Å². The molecule has 1 aromatic heterocycles. The van der Waals surface area contributed by atoms with E-state index in [0.29, 0.717) is 6.42 Å². The Hall–Kier alpha value is -1.62. The minimum atomic E-state index is -0.800. The summed E-state index contributed by atoms with van der Waals surface area (Å²) in [6, 6.07) is 6.24. The van der Waals surface area contributed by atoms with E-state index in [-0.39, 0.29) is 6.42 Å². The number of aryl methyl sites for hydroxylation is 3. The van der Waals surface area contributed by atoms with Crippen molar-refractivity contribution in [3.05, 3.63) is 39.5 Å². The smallest absolute Gasteiger partial charge is 0.303 e. The maximum Gasteiger partial charge on any atom is 0.303 e. The van der Waals surface area contributed by atoms with E-state index in [1.807, 2.05) is 20.9 Å². The van der Waals surface area contributed by atoms with Gasteiger partial charge in [-0.05, 0) is 41.4 Å². The molecule has 0 aliphatic rings. The lowest BCUT2D eigenvalue weighted by molar-refractivity contribution is -0.136. The molecule has 0 bridgehead atoms. The van der Waals surface area contributed by atoms with Crippen molar-refractivity contribution in [1.82, 2.24) is 9.78 Å². The van der Waals surface area contributed by atoms with Gasteiger partial charge in [-0.15, -0.1) is 0 Å². The second kappa shape index (κ2) is 5.79. The zero-order valence-electron chi connectivity index (χ0n) is 11.8. The molecule has 4 nitrogen and oxygen atoms in total. The molecule has 1 aromatic carbocycles. The third-order valence-electron chi connectivity index (χ3n) is 3.33. The molecule has 106 valence electrons. The number of carboxylic acid groups (broad SMARTS) is 1. The second-order valence-corrected chi connectivity index (χ2v) is 5.74. The Morgan fingerprint density at radius 3 is 2.75 bits per heavy atom. The molecule has 0 radical (unpaired) electrons. The topological polar surface area (TPSA) is 55.1 Å². The van der Waals surface area contributed by atoms with Gasteiger partial charge in [0.1, 0.15) is 5.69 Å². The van der Waals surface area contributed by atoms with Gasteiger partial charge in [-0.1, -0.05) is 17.7 Å². The molecule has 0 unspecified atom stereocenters. The highest BCUT2D eigenvalue weighted by Crippen LogP contribution is 2.33. The van der Waals surface area contributed by atoms with E-state index in [0.717, 1.165) is 27.0 Å². The van der Waals surface area contributed by atoms with Crippen LogP contribution >= 0.6 is 15.9 Å². The quantitative estimate of drug-likeness (QED) is 0.929. The summed E-state index contributed by atoms with van der Waals surface area (Å²) >= 11 is 3.57. The molecule has 0 fully saturated rings. The molecule has 20 heavy (non-hydrogen) atoms. The average Bonchev–Trinajstić information content (AvgIpc) is 2.65. The lowest BCUT2D eigenvalue weighted by Gasteiger charge is -2.05. The maximum absolute atomic E-state index is 10.7. The minimum Gasteiger partial charge on any atom is -0.481 e. The summed E-state index contributed by atoms with van der Waals surface area (Å²) in [5.41, 5.74) is 5.18. The van der Waals surface area contributed by atoms with Gasteiger partial charge in [-0.3, -0.25) is 9.48 Å². The Morgan fingerprint density at radius 2 is 2.10 bits per heavy atom. The van der Waals surface area contributed by atoms with Gasteiger partial charge < -0.3 is 5.11 Å². The molecule has 2 rings (SSSR count). The maximum atomic E-state index is 10.7. The third-order valence-corrected chi connectivity index (χ3v) is 4.16. The molecule has 0 saturated heterocycles. The zero-order valence-corrected chi connectivity index (χ0v) is 13.4. The summed E-state index contributed by atoms with van der Waals surface area (Å²) < 4.78 is 2.64. The van der Waals surface area contributed by atoms with Crippen LogP contribution in [0, 0.1) is 13.8 Å². The number of hydrogen-bond acceptors (Lipinski definition) is 2. The molecular formula is C15H17BrN2O2. The molecule has 0 aliphatic heterocycles. The van der Waals surface area contributed by atoms with E-state index in [1.54, 1.807) is 4.68 Å². The monoisotopic (exact) mass is 336 g/mol. The number of carboxylic acids is 1. The fourth-order valence-corrected chi connectivity index (χ4v) is 2.94. The number of halogens is 1. The second-order valence-electron chi connectivity index (χ2n) is 4.95. The highest BCUT2D eigenvalue weighted by molar-refractivity contribution is 9.10. The molecule has 0 spiro atoms. The van der Waals surface area contributed by atoms with Crippen molar-refractivity contribution in [3.63, 3.8) is 0 Å². The van der Waals surface area contributed by atoms with Gasteiger partial charge in [-0.2, -0.15) is 5.10 Å². The van der Waals surface area contributed by atoms with E-state index >= 15 is 0 Å². The molecule has 0 atom stereocenters. The fraction of sp³-hybridized carbons (Fsp3) is 0.333. The Morgan fingerprint density at radius 1 is 1.40 bits per heavy atom. The van der Waals surface area contributed by atoms with Crippen molar-refractivity contribution in [1.29, 1.82) is 0 Å². The van der Waals surface area contributed by atoms with E-state index < -0.39 is 5.97 Å². The number of hydrogen-bond donors (Lipinski definition) is 1. The number of carbonyl (C=O) groups is 1. The zero-order chi connectivity index (χ0) is 14.9. The highest BCUT2D eigenvalue weighted by atomic mass is 79.9. The summed E-state index contributed by atoms with van der Waals surface area (Å²) in [6.07, 6.45) is 0.564. The molecule has 1 N–H and O–H groups in total. The molecule has 1 heterocycles. The largest absolute Gasteiger partial charge is 0.481 e. The summed E-state index contributed by atoms with van der Waals surface area (Å²) in [7, 11) is 1.84. The Labute approximate surface area is 126 Å². The first kappa shape index (κ1) is 14.8. The van der Waals surface area contributed by atoms with Crippen LogP contribution in [0.15, 0.2) is 22.7 Å². The third kappa shape index (κ3) is 2.93. The van der Waals surface area contributed by atoms with Crippen LogP contribution in [0.4, 0.5) is 0 Å². The highest BCUT2D eigenvalue weighted by Gasteiger charge is 2.17. The van der Waals surface area contributed by atoms with Crippen molar-refractivity contribution >= 4 is 21.9 Å². The van der Waals surface area contributed by atoms with Gasteiger partial charge in [0.2, 0.25) is 0 Å². The number of benzene rings is 1. The fourth-order valence-electron chi connectivity index (χ4n) is 2.19. The van der Waals surface area contributed by atoms with Crippen molar-refractivity contribution in [2.75, 3.05) is 0 Å². The van der Waals surface area contributed by atoms with Crippen LogP contribution < -0.4 is 0 Å². The van der Waals surface area contributed by atoms with Crippen molar-refractivity contribution in [2.45, 2.75) is 26.7 Å². The van der Waals surface area contributed by atoms with Gasteiger partial charge >= 0.3 is 5.97 Å². The van der Waals surface area contributed by atoms with Crippen LogP contribution in [0.1, 0.15) is 23.2 Å². The Balaban J connectivity index is 2.46. The van der Waals surface area contributed by atoms with E-state index in [4.69, 9.17) is 5.11 Å². The number of rotatable bonds is 4. The molecular weight excluding hydrogens is 320 g/mol. The lowest BCUT2D eigenvalue weighted by atomic mass is 10.0. The predicted molar refractivity (Wildman–Crippen MR) is 81.8 cm³/mol. The van der Waals surface area contributed by atoms with Crippen LogP contribution in [0.5, 0.6) is 0 Å². The normalized spacial score (nSPS) is 10.8. The number of aliphatic carboxylic acids is 1. The molecule has 0 aliphatic carbocycles. The first-order chi connectivity index (χ1) is 9.40. The number of nitrogens with zero attached hydrogens (tertiary/aromatic N) is 2. The van der Waals surface area contributed by atoms with Crippen LogP contribution in [0.25, 0.3) is 11.3 Å². The van der Waals surface area contributed by atoms with E-state index in [2.05, 4.69) is 39.2 Å². The minimum absolute atomic E-state index is 0.102. The lowest BCUT2D eigenvalue weighted by Crippen LogP contribution is -2.03. The Kier molecular flexibility index (Phi) is 4.28. The standard InChI is InChI=1S/C15H17BrN2O2/c1-9-4-5-10(2)11(8-9)15-14(16)12(18(3)17-15)6-7-13(19)20/h4-5,8H,6-7H2,1-3H3,(H,19,20). The first-order valence-corrected chi connectivity index (χ1v) is 7.20. The summed E-state index contributed by atoms with van der Waals surface area (Å²) in [6.45, 7) is 4.10. The molecule has 0 saturated carbocycles. The predicted octanol–water partition coefficient (Wildman–Crippen LogP) is 3.48. The van der Waals surface area contributed by atoms with Crippen molar-refractivity contribution in [3.8, 4) is 11.3 Å². The van der Waals surface area contributed by atoms with Crippen LogP contribution in [0.2, 0.25) is 0 Å². The van der Waals surface area contributed by atoms with Gasteiger partial charge in [0.05, 0.1) is 16.6 Å². The van der Waals surface area contributed by atoms with Gasteiger partial charge in [-0.25, -0.2) is 0 Å². The summed E-state index contributed by atoms with van der Waals surface area (Å²) in [5.74, 6) is -0.800. The SMILES string of the molecule is Cc1ccc(C)c(-c2nn(C)c(CCC(=O)O)c2Br)c1. The average molecular weight is 337 g/mol.